The normalized spacial score (nSPS) is 13.3. The van der Waals surface area contributed by atoms with Gasteiger partial charge in [-0.05, 0) is 48.6 Å². The molecule has 0 saturated heterocycles. The molecule has 0 unspecified atom stereocenters. The molecule has 0 N–H and O–H groups in total. The van der Waals surface area contributed by atoms with E-state index in [0.29, 0.717) is 6.61 Å². The Morgan fingerprint density at radius 1 is 0.952 bits per heavy atom. The van der Waals surface area contributed by atoms with Crippen molar-refractivity contribution in [2.75, 3.05) is 0 Å². The molecule has 0 fully saturated rings. The van der Waals surface area contributed by atoms with E-state index in [0.717, 1.165) is 22.2 Å². The van der Waals surface area contributed by atoms with Crippen molar-refractivity contribution >= 4 is 10.9 Å². The first-order chi connectivity index (χ1) is 10.4. The maximum absolute atomic E-state index is 5.99. The van der Waals surface area contributed by atoms with Gasteiger partial charge in [-0.25, -0.2) is 0 Å². The number of aryl methyl sites for hydroxylation is 2. The Labute approximate surface area is 124 Å². The molecule has 2 aromatic carbocycles. The Morgan fingerprint density at radius 3 is 2.86 bits per heavy atom. The van der Waals surface area contributed by atoms with Gasteiger partial charge in [0, 0.05) is 17.1 Å². The van der Waals surface area contributed by atoms with Crippen LogP contribution in [0.5, 0.6) is 5.75 Å². The average molecular weight is 275 g/mol. The maximum Gasteiger partial charge on any atom is 0.120 e. The molecular formula is C19H17NO. The van der Waals surface area contributed by atoms with Crippen LogP contribution in [0.3, 0.4) is 0 Å². The second kappa shape index (κ2) is 5.21. The highest BCUT2D eigenvalue weighted by Gasteiger charge is 2.11. The highest BCUT2D eigenvalue weighted by atomic mass is 16.5. The minimum atomic E-state index is 0.563. The van der Waals surface area contributed by atoms with E-state index >= 15 is 0 Å². The molecule has 3 aromatic rings. The van der Waals surface area contributed by atoms with Crippen LogP contribution in [0.4, 0.5) is 0 Å². The molecule has 0 saturated carbocycles. The van der Waals surface area contributed by atoms with Crippen LogP contribution in [-0.2, 0) is 19.4 Å². The number of benzene rings is 2. The molecule has 1 aliphatic rings. The molecule has 0 spiro atoms. The van der Waals surface area contributed by atoms with E-state index in [9.17, 15) is 0 Å². The van der Waals surface area contributed by atoms with Gasteiger partial charge in [0.25, 0.3) is 0 Å². The van der Waals surface area contributed by atoms with Crippen molar-refractivity contribution in [3.8, 4) is 5.75 Å². The van der Waals surface area contributed by atoms with Gasteiger partial charge in [0.05, 0.1) is 5.52 Å². The third kappa shape index (κ3) is 2.38. The molecule has 0 atom stereocenters. The van der Waals surface area contributed by atoms with Crippen LogP contribution in [0.1, 0.15) is 23.1 Å². The van der Waals surface area contributed by atoms with E-state index in [1.807, 2.05) is 12.3 Å². The summed E-state index contributed by atoms with van der Waals surface area (Å²) in [4.78, 5) is 4.47. The highest BCUT2D eigenvalue weighted by molar-refractivity contribution is 5.81. The molecular weight excluding hydrogens is 258 g/mol. The molecule has 4 rings (SSSR count). The number of hydrogen-bond acceptors (Lipinski definition) is 2. The summed E-state index contributed by atoms with van der Waals surface area (Å²) in [6.45, 7) is 0.563. The van der Waals surface area contributed by atoms with Crippen molar-refractivity contribution in [3.63, 3.8) is 0 Å². The van der Waals surface area contributed by atoms with Gasteiger partial charge in [-0.1, -0.05) is 30.3 Å². The van der Waals surface area contributed by atoms with Gasteiger partial charge in [-0.2, -0.15) is 0 Å². The molecule has 0 aliphatic heterocycles. The zero-order valence-electron chi connectivity index (χ0n) is 11.9. The first-order valence-electron chi connectivity index (χ1n) is 7.47. The third-order valence-electron chi connectivity index (χ3n) is 4.18. The summed E-state index contributed by atoms with van der Waals surface area (Å²) in [6.07, 6.45) is 5.50. The number of nitrogens with zero attached hydrogens (tertiary/aromatic N) is 1. The monoisotopic (exact) mass is 275 g/mol. The first-order valence-corrected chi connectivity index (χ1v) is 7.47. The van der Waals surface area contributed by atoms with Gasteiger partial charge in [-0.3, -0.25) is 4.98 Å². The van der Waals surface area contributed by atoms with Crippen molar-refractivity contribution < 1.29 is 4.74 Å². The van der Waals surface area contributed by atoms with E-state index in [4.69, 9.17) is 4.74 Å². The minimum Gasteiger partial charge on any atom is -0.489 e. The lowest BCUT2D eigenvalue weighted by molar-refractivity contribution is 0.307. The first kappa shape index (κ1) is 12.4. The van der Waals surface area contributed by atoms with Gasteiger partial charge in [0.2, 0.25) is 0 Å². The summed E-state index contributed by atoms with van der Waals surface area (Å²) in [5, 5.41) is 1.16. The molecule has 1 aromatic heterocycles. The summed E-state index contributed by atoms with van der Waals surface area (Å²) < 4.78 is 5.99. The molecule has 21 heavy (non-hydrogen) atoms. The van der Waals surface area contributed by atoms with E-state index in [1.165, 1.54) is 30.4 Å². The Kier molecular flexibility index (Phi) is 3.07. The minimum absolute atomic E-state index is 0.563. The lowest BCUT2D eigenvalue weighted by atomic mass is 10.1. The lowest BCUT2D eigenvalue weighted by Crippen LogP contribution is -1.98. The fraction of sp³-hybridized carbons (Fsp3) is 0.211. The van der Waals surface area contributed by atoms with Gasteiger partial charge in [0.15, 0.2) is 0 Å². The lowest BCUT2D eigenvalue weighted by Gasteiger charge is -2.10. The van der Waals surface area contributed by atoms with Crippen LogP contribution in [-0.4, -0.2) is 4.98 Å². The summed E-state index contributed by atoms with van der Waals surface area (Å²) >= 11 is 0. The largest absolute Gasteiger partial charge is 0.489 e. The zero-order valence-corrected chi connectivity index (χ0v) is 11.9. The Bertz CT molecular complexity index is 789. The second-order valence-corrected chi connectivity index (χ2v) is 5.57. The number of aromatic nitrogens is 1. The highest BCUT2D eigenvalue weighted by Crippen LogP contribution is 2.27. The summed E-state index contributed by atoms with van der Waals surface area (Å²) in [7, 11) is 0. The molecule has 1 heterocycles. The summed E-state index contributed by atoms with van der Waals surface area (Å²) in [5.74, 6) is 0.962. The third-order valence-corrected chi connectivity index (χ3v) is 4.18. The summed E-state index contributed by atoms with van der Waals surface area (Å²) in [5.41, 5.74) is 5.09. The quantitative estimate of drug-likeness (QED) is 0.711. The van der Waals surface area contributed by atoms with Crippen molar-refractivity contribution in [2.24, 2.45) is 0 Å². The second-order valence-electron chi connectivity index (χ2n) is 5.57. The molecule has 0 amide bonds. The van der Waals surface area contributed by atoms with E-state index in [1.54, 1.807) is 0 Å². The molecule has 0 radical (unpaired) electrons. The SMILES string of the molecule is c1cnc2c(COc3ccc4c(c3)CCC4)cccc2c1. The molecule has 0 bridgehead atoms. The average Bonchev–Trinajstić information content (AvgIpc) is 3.00. The van der Waals surface area contributed by atoms with E-state index in [-0.39, 0.29) is 0 Å². The van der Waals surface area contributed by atoms with Crippen molar-refractivity contribution in [1.29, 1.82) is 0 Å². The molecule has 2 heteroatoms. The number of pyridine rings is 1. The number of fused-ring (bicyclic) bond motifs is 2. The number of hydrogen-bond donors (Lipinski definition) is 0. The Hall–Kier alpha value is -2.35. The van der Waals surface area contributed by atoms with Crippen LogP contribution in [0.25, 0.3) is 10.9 Å². The summed E-state index contributed by atoms with van der Waals surface area (Å²) in [6, 6.07) is 16.8. The van der Waals surface area contributed by atoms with Gasteiger partial charge < -0.3 is 4.74 Å². The van der Waals surface area contributed by atoms with Gasteiger partial charge in [-0.15, -0.1) is 0 Å². The van der Waals surface area contributed by atoms with Crippen LogP contribution in [0.15, 0.2) is 54.7 Å². The number of rotatable bonds is 3. The van der Waals surface area contributed by atoms with Gasteiger partial charge in [0.1, 0.15) is 12.4 Å². The molecule has 1 aliphatic carbocycles. The standard InChI is InChI=1S/C19H17NO/c1-4-14-9-10-18(12-16(14)6-1)21-13-17-7-2-5-15-8-3-11-20-19(15)17/h2-3,5,7-12H,1,4,6,13H2. The van der Waals surface area contributed by atoms with Crippen LogP contribution in [0.2, 0.25) is 0 Å². The number of ether oxygens (including phenoxy) is 1. The molecule has 104 valence electrons. The Morgan fingerprint density at radius 2 is 1.86 bits per heavy atom. The topological polar surface area (TPSA) is 22.1 Å². The van der Waals surface area contributed by atoms with Crippen molar-refractivity contribution in [3.05, 3.63) is 71.4 Å². The predicted octanol–water partition coefficient (Wildman–Crippen LogP) is 4.30. The fourth-order valence-electron chi connectivity index (χ4n) is 3.08. The molecule has 2 nitrogen and oxygen atoms in total. The van der Waals surface area contributed by atoms with E-state index in [2.05, 4.69) is 47.4 Å². The van der Waals surface area contributed by atoms with Crippen molar-refractivity contribution in [1.82, 2.24) is 4.98 Å². The van der Waals surface area contributed by atoms with Crippen LogP contribution >= 0.6 is 0 Å². The zero-order chi connectivity index (χ0) is 14.1. The van der Waals surface area contributed by atoms with Gasteiger partial charge >= 0.3 is 0 Å². The Balaban J connectivity index is 1.58. The van der Waals surface area contributed by atoms with Crippen LogP contribution < -0.4 is 4.74 Å². The van der Waals surface area contributed by atoms with Crippen molar-refractivity contribution in [2.45, 2.75) is 25.9 Å². The maximum atomic E-state index is 5.99. The predicted molar refractivity (Wildman–Crippen MR) is 84.5 cm³/mol. The fourth-order valence-corrected chi connectivity index (χ4v) is 3.08. The van der Waals surface area contributed by atoms with Crippen LogP contribution in [0, 0.1) is 0 Å². The number of para-hydroxylation sites is 1. The smallest absolute Gasteiger partial charge is 0.120 e. The van der Waals surface area contributed by atoms with E-state index < -0.39 is 0 Å².